The van der Waals surface area contributed by atoms with Crippen LogP contribution in [0.5, 0.6) is 0 Å². The zero-order valence-corrected chi connectivity index (χ0v) is 43.5. The third-order valence-electron chi connectivity index (χ3n) is 15.8. The van der Waals surface area contributed by atoms with Gasteiger partial charge in [-0.15, -0.1) is 0 Å². The van der Waals surface area contributed by atoms with E-state index in [-0.39, 0.29) is 0 Å². The van der Waals surface area contributed by atoms with Crippen LogP contribution in [0.25, 0.3) is 21.8 Å². The fraction of sp³-hybridized carbons (Fsp3) is 0.0278. The lowest BCUT2D eigenvalue weighted by molar-refractivity contribution is 0.592. The maximum atomic E-state index is 18.1. The van der Waals surface area contributed by atoms with Gasteiger partial charge in [-0.1, -0.05) is 309 Å². The molecule has 0 saturated carbocycles. The number of fused-ring (bicyclic) bond motifs is 2. The highest BCUT2D eigenvalue weighted by atomic mass is 31.2. The van der Waals surface area contributed by atoms with Gasteiger partial charge in [0, 0.05) is 31.8 Å². The van der Waals surface area contributed by atoms with E-state index in [1.807, 2.05) is 121 Å². The average molecular weight is 1010 g/mol. The second-order valence-electron chi connectivity index (χ2n) is 19.6. The Morgan fingerprint density at radius 1 is 0.237 bits per heavy atom. The maximum absolute atomic E-state index is 18.1. The minimum absolute atomic E-state index is 0.732. The van der Waals surface area contributed by atoms with Crippen molar-refractivity contribution in [1.29, 1.82) is 0 Å². The summed E-state index contributed by atoms with van der Waals surface area (Å²) in [6.45, 7) is 0. The lowest BCUT2D eigenvalue weighted by atomic mass is 9.62. The highest BCUT2D eigenvalue weighted by Crippen LogP contribution is 2.74. The van der Waals surface area contributed by atoms with E-state index < -0.39 is 25.1 Å². The molecule has 2 aliphatic carbocycles. The average Bonchev–Trinajstić information content (AvgIpc) is 4.04. The highest BCUT2D eigenvalue weighted by molar-refractivity contribution is 7.88. The summed E-state index contributed by atoms with van der Waals surface area (Å²) in [5.41, 5.74) is 9.65. The molecule has 4 heteroatoms. The summed E-state index contributed by atoms with van der Waals surface area (Å²) in [6.07, 6.45) is 0. The molecule has 0 aliphatic heterocycles. The van der Waals surface area contributed by atoms with Crippen molar-refractivity contribution in [2.75, 3.05) is 0 Å². The standard InChI is InChI=1S/C72H52O2P2/c73-75(59-43-23-7-24-44-59,60-45-25-8-26-46-60)69-63-51-64-66(52-65(63)71(55-35-15-3-16-36-55,56-37-17-4-18-38-56)67(69)53-31-11-1-12-32-53)72(57-39-19-5-20-40-57,58-41-21-6-22-42-58)68(54-33-13-2-14-34-54)70(64)76(74,61-47-27-9-28-48-61)62-49-29-10-30-50-62/h1-52H. The van der Waals surface area contributed by atoms with Crippen molar-refractivity contribution in [3.05, 3.63) is 371 Å². The quantitative estimate of drug-likeness (QED) is 0.114. The van der Waals surface area contributed by atoms with Crippen LogP contribution in [0, 0.1) is 0 Å². The van der Waals surface area contributed by atoms with Gasteiger partial charge < -0.3 is 9.13 Å². The largest absolute Gasteiger partial charge is 0.309 e. The second kappa shape index (κ2) is 19.2. The topological polar surface area (TPSA) is 34.1 Å². The molecule has 0 atom stereocenters. The van der Waals surface area contributed by atoms with E-state index >= 15 is 9.13 Å². The molecule has 0 heterocycles. The summed E-state index contributed by atoms with van der Waals surface area (Å²) >= 11 is 0. The third kappa shape index (κ3) is 7.09. The molecule has 2 nitrogen and oxygen atoms in total. The summed E-state index contributed by atoms with van der Waals surface area (Å²) in [4.78, 5) is 0. The first-order chi connectivity index (χ1) is 37.5. The second-order valence-corrected chi connectivity index (χ2v) is 25.0. The van der Waals surface area contributed by atoms with Crippen LogP contribution in [-0.4, -0.2) is 0 Å². The predicted molar refractivity (Wildman–Crippen MR) is 318 cm³/mol. The molecule has 0 amide bonds. The van der Waals surface area contributed by atoms with Gasteiger partial charge in [0.1, 0.15) is 0 Å². The molecule has 0 aromatic heterocycles. The summed E-state index contributed by atoms with van der Waals surface area (Å²) in [5, 5.41) is 4.44. The van der Waals surface area contributed by atoms with Gasteiger partial charge in [-0.3, -0.25) is 0 Å². The van der Waals surface area contributed by atoms with Crippen LogP contribution in [0.4, 0.5) is 0 Å². The molecule has 0 fully saturated rings. The van der Waals surface area contributed by atoms with Gasteiger partial charge in [0.25, 0.3) is 0 Å². The molecule has 76 heavy (non-hydrogen) atoms. The Kier molecular flexibility index (Phi) is 11.9. The van der Waals surface area contributed by atoms with Gasteiger partial charge in [-0.2, -0.15) is 0 Å². The van der Waals surface area contributed by atoms with Crippen LogP contribution in [-0.2, 0) is 20.0 Å². The van der Waals surface area contributed by atoms with Crippen LogP contribution in [0.3, 0.4) is 0 Å². The molecule has 0 saturated heterocycles. The van der Waals surface area contributed by atoms with Crippen molar-refractivity contribution in [3.8, 4) is 0 Å². The normalized spacial score (nSPS) is 14.5. The van der Waals surface area contributed by atoms with Gasteiger partial charge in [0.15, 0.2) is 14.3 Å². The van der Waals surface area contributed by atoms with Crippen LogP contribution >= 0.6 is 14.3 Å². The first-order valence-electron chi connectivity index (χ1n) is 26.0. The van der Waals surface area contributed by atoms with E-state index in [1.54, 1.807) is 0 Å². The van der Waals surface area contributed by atoms with E-state index in [1.165, 1.54) is 0 Å². The minimum Gasteiger partial charge on any atom is -0.309 e. The summed E-state index contributed by atoms with van der Waals surface area (Å²) in [5.74, 6) is 0. The summed E-state index contributed by atoms with van der Waals surface area (Å²) in [6, 6.07) is 110. The number of hydrogen-bond donors (Lipinski definition) is 0. The first-order valence-corrected chi connectivity index (χ1v) is 29.4. The van der Waals surface area contributed by atoms with Gasteiger partial charge in [-0.05, 0) is 72.8 Å². The van der Waals surface area contributed by atoms with Crippen molar-refractivity contribution in [2.45, 2.75) is 10.8 Å². The monoisotopic (exact) mass is 1010 g/mol. The lowest BCUT2D eigenvalue weighted by Crippen LogP contribution is -2.32. The number of allylic oxidation sites excluding steroid dienone is 2. The first kappa shape index (κ1) is 47.1. The molecule has 0 bridgehead atoms. The molecule has 0 N–H and O–H groups in total. The summed E-state index contributed by atoms with van der Waals surface area (Å²) in [7, 11) is -7.75. The number of rotatable bonds is 12. The molecular formula is C72H52O2P2. The van der Waals surface area contributed by atoms with Crippen molar-refractivity contribution >= 4 is 57.3 Å². The van der Waals surface area contributed by atoms with Crippen LogP contribution in [0.1, 0.15) is 55.6 Å². The van der Waals surface area contributed by atoms with E-state index in [4.69, 9.17) is 0 Å². The molecule has 11 aromatic rings. The Bertz CT molecular complexity index is 3610. The molecular weight excluding hydrogens is 959 g/mol. The molecule has 0 unspecified atom stereocenters. The maximum Gasteiger partial charge on any atom is 0.171 e. The van der Waals surface area contributed by atoms with E-state index in [0.29, 0.717) is 0 Å². The Morgan fingerprint density at radius 2 is 0.447 bits per heavy atom. The minimum atomic E-state index is -3.88. The van der Waals surface area contributed by atoms with Crippen LogP contribution in [0.15, 0.2) is 315 Å². The number of benzene rings is 11. The van der Waals surface area contributed by atoms with Crippen molar-refractivity contribution in [2.24, 2.45) is 0 Å². The molecule has 11 aromatic carbocycles. The van der Waals surface area contributed by atoms with Crippen molar-refractivity contribution in [3.63, 3.8) is 0 Å². The smallest absolute Gasteiger partial charge is 0.171 e. The Balaban J connectivity index is 1.33. The summed E-state index contributed by atoms with van der Waals surface area (Å²) < 4.78 is 36.1. The number of hydrogen-bond acceptors (Lipinski definition) is 2. The molecule has 13 rings (SSSR count). The predicted octanol–water partition coefficient (Wildman–Crippen LogP) is 16.1. The molecule has 0 radical (unpaired) electrons. The Hall–Kier alpha value is -8.64. The van der Waals surface area contributed by atoms with E-state index in [9.17, 15) is 0 Å². The molecule has 2 aliphatic rings. The van der Waals surface area contributed by atoms with Gasteiger partial charge in [0.2, 0.25) is 0 Å². The Morgan fingerprint density at radius 3 is 0.684 bits per heavy atom. The van der Waals surface area contributed by atoms with Crippen LogP contribution < -0.4 is 21.2 Å². The molecule has 0 spiro atoms. The zero-order valence-electron chi connectivity index (χ0n) is 41.7. The van der Waals surface area contributed by atoms with Gasteiger partial charge in [0.05, 0.1) is 10.8 Å². The van der Waals surface area contributed by atoms with Crippen LogP contribution in [0.2, 0.25) is 0 Å². The fourth-order valence-corrected chi connectivity index (χ4v) is 19.0. The third-order valence-corrected chi connectivity index (χ3v) is 22.1. The zero-order chi connectivity index (χ0) is 51.2. The highest BCUT2D eigenvalue weighted by Gasteiger charge is 2.58. The Labute approximate surface area is 445 Å². The van der Waals surface area contributed by atoms with E-state index in [0.717, 1.165) is 98.6 Å². The molecule has 362 valence electrons. The van der Waals surface area contributed by atoms with Crippen molar-refractivity contribution in [1.82, 2.24) is 0 Å². The van der Waals surface area contributed by atoms with Gasteiger partial charge in [-0.25, -0.2) is 0 Å². The fourth-order valence-electron chi connectivity index (χ4n) is 12.7. The van der Waals surface area contributed by atoms with Crippen molar-refractivity contribution < 1.29 is 9.13 Å². The SMILES string of the molecule is O=P(C1=C(c2ccccc2)C(c2ccccc2)(c2ccccc2)c2cc3c(cc21)C(P(=O)(c1ccccc1)c1ccccc1)=C(c1ccccc1)C3(c1ccccc1)c1ccccc1)(c1ccccc1)c1ccccc1. The van der Waals surface area contributed by atoms with E-state index in [2.05, 4.69) is 194 Å². The van der Waals surface area contributed by atoms with Gasteiger partial charge >= 0.3 is 0 Å². The lowest BCUT2D eigenvalue weighted by Gasteiger charge is -2.39.